The predicted molar refractivity (Wildman–Crippen MR) is 77.7 cm³/mol. The van der Waals surface area contributed by atoms with Gasteiger partial charge in [-0.25, -0.2) is 0 Å². The van der Waals surface area contributed by atoms with Crippen molar-refractivity contribution in [2.75, 3.05) is 5.73 Å². The number of rotatable bonds is 3. The fourth-order valence-electron chi connectivity index (χ4n) is 1.75. The Labute approximate surface area is 115 Å². The van der Waals surface area contributed by atoms with Gasteiger partial charge in [-0.1, -0.05) is 18.5 Å². The molecule has 0 saturated carbocycles. The van der Waals surface area contributed by atoms with E-state index in [1.807, 2.05) is 19.9 Å². The lowest BCUT2D eigenvalue weighted by Gasteiger charge is -2.03. The summed E-state index contributed by atoms with van der Waals surface area (Å²) in [5.74, 6) is -0.0387. The van der Waals surface area contributed by atoms with Crippen molar-refractivity contribution in [3.05, 3.63) is 50.9 Å². The van der Waals surface area contributed by atoms with Gasteiger partial charge in [0, 0.05) is 15.5 Å². The molecule has 18 heavy (non-hydrogen) atoms. The highest BCUT2D eigenvalue weighted by Crippen LogP contribution is 2.28. The molecule has 0 spiro atoms. The molecule has 0 saturated heterocycles. The van der Waals surface area contributed by atoms with Crippen LogP contribution in [-0.4, -0.2) is 5.78 Å². The summed E-state index contributed by atoms with van der Waals surface area (Å²) in [4.78, 5) is 13.5. The van der Waals surface area contributed by atoms with Gasteiger partial charge >= 0.3 is 0 Å². The van der Waals surface area contributed by atoms with Crippen LogP contribution in [0.4, 0.5) is 5.00 Å². The van der Waals surface area contributed by atoms with Crippen molar-refractivity contribution in [3.8, 4) is 0 Å². The first-order valence-corrected chi connectivity index (χ1v) is 6.91. The lowest BCUT2D eigenvalue weighted by Crippen LogP contribution is -2.03. The first kappa shape index (κ1) is 13.1. The zero-order chi connectivity index (χ0) is 13.3. The maximum atomic E-state index is 12.3. The number of halogens is 1. The zero-order valence-electron chi connectivity index (χ0n) is 10.3. The van der Waals surface area contributed by atoms with Gasteiger partial charge in [0.1, 0.15) is 0 Å². The Morgan fingerprint density at radius 3 is 2.67 bits per heavy atom. The highest BCUT2D eigenvalue weighted by atomic mass is 35.5. The summed E-state index contributed by atoms with van der Waals surface area (Å²) in [6, 6.07) is 7.16. The molecule has 0 amide bonds. The second-order valence-electron chi connectivity index (χ2n) is 4.14. The summed E-state index contributed by atoms with van der Waals surface area (Å²) >= 11 is 7.43. The Balaban J connectivity index is 2.41. The van der Waals surface area contributed by atoms with E-state index < -0.39 is 0 Å². The molecule has 0 atom stereocenters. The molecule has 1 heterocycles. The van der Waals surface area contributed by atoms with Crippen molar-refractivity contribution in [2.24, 2.45) is 0 Å². The smallest absolute Gasteiger partial charge is 0.195 e. The lowest BCUT2D eigenvalue weighted by atomic mass is 10.0. The summed E-state index contributed by atoms with van der Waals surface area (Å²) in [6.07, 6.45) is 0.891. The Kier molecular flexibility index (Phi) is 3.73. The van der Waals surface area contributed by atoms with E-state index in [4.69, 9.17) is 17.3 Å². The van der Waals surface area contributed by atoms with Gasteiger partial charge in [0.05, 0.1) is 10.6 Å². The number of carbonyl (C=O) groups is 1. The second kappa shape index (κ2) is 5.12. The molecule has 0 aliphatic heterocycles. The first-order chi connectivity index (χ1) is 8.52. The number of anilines is 1. The molecule has 0 radical (unpaired) electrons. The van der Waals surface area contributed by atoms with E-state index >= 15 is 0 Å². The van der Waals surface area contributed by atoms with Crippen molar-refractivity contribution in [3.63, 3.8) is 0 Å². The lowest BCUT2D eigenvalue weighted by molar-refractivity contribution is 0.104. The van der Waals surface area contributed by atoms with Crippen molar-refractivity contribution >= 4 is 33.7 Å². The third kappa shape index (κ3) is 2.42. The van der Waals surface area contributed by atoms with Crippen LogP contribution in [0.25, 0.3) is 0 Å². The number of aryl methyl sites for hydroxylation is 2. The molecule has 0 fully saturated rings. The van der Waals surface area contributed by atoms with Crippen molar-refractivity contribution in [2.45, 2.75) is 20.3 Å². The molecular formula is C14H14ClNOS. The summed E-state index contributed by atoms with van der Waals surface area (Å²) < 4.78 is 0. The van der Waals surface area contributed by atoms with Gasteiger partial charge in [-0.2, -0.15) is 0 Å². The van der Waals surface area contributed by atoms with Crippen LogP contribution in [0.5, 0.6) is 0 Å². The molecule has 0 bridgehead atoms. The van der Waals surface area contributed by atoms with Gasteiger partial charge in [0.15, 0.2) is 5.78 Å². The van der Waals surface area contributed by atoms with E-state index in [0.29, 0.717) is 21.2 Å². The highest BCUT2D eigenvalue weighted by molar-refractivity contribution is 7.16. The quantitative estimate of drug-likeness (QED) is 0.860. The SMILES string of the molecule is CCc1cc(C(=O)c2ccc(Cl)c(C)c2)c(N)s1. The van der Waals surface area contributed by atoms with Gasteiger partial charge in [-0.15, -0.1) is 11.3 Å². The maximum Gasteiger partial charge on any atom is 0.195 e. The molecule has 1 aromatic carbocycles. The molecule has 0 aliphatic carbocycles. The Morgan fingerprint density at radius 2 is 2.11 bits per heavy atom. The van der Waals surface area contributed by atoms with Crippen LogP contribution in [0.1, 0.15) is 33.3 Å². The molecule has 2 nitrogen and oxygen atoms in total. The van der Waals surface area contributed by atoms with Crippen LogP contribution >= 0.6 is 22.9 Å². The van der Waals surface area contributed by atoms with E-state index in [1.54, 1.807) is 18.2 Å². The van der Waals surface area contributed by atoms with Gasteiger partial charge in [-0.05, 0) is 43.2 Å². The second-order valence-corrected chi connectivity index (χ2v) is 5.71. The van der Waals surface area contributed by atoms with Crippen LogP contribution in [-0.2, 0) is 6.42 Å². The minimum Gasteiger partial charge on any atom is -0.390 e. The van der Waals surface area contributed by atoms with Crippen molar-refractivity contribution in [1.29, 1.82) is 0 Å². The van der Waals surface area contributed by atoms with Gasteiger partial charge in [0.25, 0.3) is 0 Å². The highest BCUT2D eigenvalue weighted by Gasteiger charge is 2.16. The summed E-state index contributed by atoms with van der Waals surface area (Å²) in [5, 5.41) is 1.25. The molecule has 4 heteroatoms. The summed E-state index contributed by atoms with van der Waals surface area (Å²) in [5.41, 5.74) is 8.01. The van der Waals surface area contributed by atoms with Crippen LogP contribution < -0.4 is 5.73 Å². The van der Waals surface area contributed by atoms with Gasteiger partial charge < -0.3 is 5.73 Å². The fraction of sp³-hybridized carbons (Fsp3) is 0.214. The number of carbonyl (C=O) groups excluding carboxylic acids is 1. The Bertz CT molecular complexity index is 604. The van der Waals surface area contributed by atoms with E-state index in [9.17, 15) is 4.79 Å². The third-order valence-corrected chi connectivity index (χ3v) is 4.36. The summed E-state index contributed by atoms with van der Waals surface area (Å²) in [6.45, 7) is 3.93. The molecule has 1 aromatic heterocycles. The molecule has 0 unspecified atom stereocenters. The minimum absolute atomic E-state index is 0.0387. The average molecular weight is 280 g/mol. The van der Waals surface area contributed by atoms with Crippen LogP contribution in [0.2, 0.25) is 5.02 Å². The molecule has 0 aliphatic rings. The van der Waals surface area contributed by atoms with Crippen molar-refractivity contribution < 1.29 is 4.79 Å². The zero-order valence-corrected chi connectivity index (χ0v) is 11.9. The number of hydrogen-bond acceptors (Lipinski definition) is 3. The predicted octanol–water partition coefficient (Wildman–Crippen LogP) is 4.09. The molecular weight excluding hydrogens is 266 g/mol. The van der Waals surface area contributed by atoms with E-state index in [-0.39, 0.29) is 5.78 Å². The number of nitrogens with two attached hydrogens (primary N) is 1. The van der Waals surface area contributed by atoms with Gasteiger partial charge in [-0.3, -0.25) is 4.79 Å². The van der Waals surface area contributed by atoms with E-state index in [2.05, 4.69) is 0 Å². The van der Waals surface area contributed by atoms with Crippen molar-refractivity contribution in [1.82, 2.24) is 0 Å². The maximum absolute atomic E-state index is 12.3. The van der Waals surface area contributed by atoms with Crippen LogP contribution in [0.3, 0.4) is 0 Å². The molecule has 94 valence electrons. The van der Waals surface area contributed by atoms with Crippen LogP contribution in [0.15, 0.2) is 24.3 Å². The third-order valence-electron chi connectivity index (χ3n) is 2.83. The molecule has 2 aromatic rings. The number of ketones is 1. The number of benzene rings is 1. The summed E-state index contributed by atoms with van der Waals surface area (Å²) in [7, 11) is 0. The number of thiophene rings is 1. The monoisotopic (exact) mass is 279 g/mol. The Morgan fingerprint density at radius 1 is 1.39 bits per heavy atom. The van der Waals surface area contributed by atoms with Gasteiger partial charge in [0.2, 0.25) is 0 Å². The number of hydrogen-bond donors (Lipinski definition) is 1. The molecule has 2 rings (SSSR count). The minimum atomic E-state index is -0.0387. The average Bonchev–Trinajstić information content (AvgIpc) is 2.73. The van der Waals surface area contributed by atoms with E-state index in [0.717, 1.165) is 16.9 Å². The van der Waals surface area contributed by atoms with Crippen LogP contribution in [0, 0.1) is 6.92 Å². The van der Waals surface area contributed by atoms with E-state index in [1.165, 1.54) is 11.3 Å². The topological polar surface area (TPSA) is 43.1 Å². The largest absolute Gasteiger partial charge is 0.390 e. The Hall–Kier alpha value is -1.32. The molecule has 2 N–H and O–H groups in total. The standard InChI is InChI=1S/C14H14ClNOS/c1-3-10-7-11(14(16)18-10)13(17)9-4-5-12(15)8(2)6-9/h4-7H,3,16H2,1-2H3. The normalized spacial score (nSPS) is 10.6. The fourth-order valence-corrected chi connectivity index (χ4v) is 2.73. The number of nitrogen functional groups attached to an aromatic ring is 1. The first-order valence-electron chi connectivity index (χ1n) is 5.72.